The molecule has 0 saturated carbocycles. The molecule has 184 valence electrons. The molecule has 1 aromatic heterocycles. The maximum absolute atomic E-state index is 13.8. The molecule has 0 aliphatic rings. The van der Waals surface area contributed by atoms with Gasteiger partial charge < -0.3 is 5.32 Å². The fraction of sp³-hybridized carbons (Fsp3) is 0.129. The van der Waals surface area contributed by atoms with Gasteiger partial charge >= 0.3 is 5.91 Å². The molecule has 4 rings (SSSR count). The van der Waals surface area contributed by atoms with Crippen molar-refractivity contribution in [2.45, 2.75) is 19.0 Å². The number of alkyl halides is 1. The van der Waals surface area contributed by atoms with Gasteiger partial charge in [0.15, 0.2) is 0 Å². The Morgan fingerprint density at radius 1 is 0.865 bits per heavy atom. The van der Waals surface area contributed by atoms with Gasteiger partial charge in [-0.05, 0) is 47.7 Å². The van der Waals surface area contributed by atoms with E-state index in [1.807, 2.05) is 91.9 Å². The number of halogens is 1. The molecule has 0 fully saturated rings. The second-order valence-corrected chi connectivity index (χ2v) is 8.62. The van der Waals surface area contributed by atoms with E-state index in [0.29, 0.717) is 11.3 Å². The summed E-state index contributed by atoms with van der Waals surface area (Å²) in [6, 6.07) is 29.3. The molecule has 3 aromatic carbocycles. The number of aromatic nitrogens is 1. The lowest BCUT2D eigenvalue weighted by atomic mass is 10.0. The van der Waals surface area contributed by atoms with Crippen LogP contribution in [-0.4, -0.2) is 22.7 Å². The van der Waals surface area contributed by atoms with Gasteiger partial charge in [0.1, 0.15) is 6.04 Å². The number of nitrogens with one attached hydrogen (secondary N) is 1. The Morgan fingerprint density at radius 2 is 1.49 bits per heavy atom. The molecule has 6 heteroatoms. The van der Waals surface area contributed by atoms with Crippen molar-refractivity contribution in [2.24, 2.45) is 0 Å². The predicted octanol–water partition coefficient (Wildman–Crippen LogP) is 5.94. The van der Waals surface area contributed by atoms with Crippen molar-refractivity contribution in [3.05, 3.63) is 121 Å². The van der Waals surface area contributed by atoms with Crippen LogP contribution in [0.25, 0.3) is 11.1 Å². The third-order valence-corrected chi connectivity index (χ3v) is 6.03. The van der Waals surface area contributed by atoms with Crippen molar-refractivity contribution in [1.82, 2.24) is 10.3 Å². The Labute approximate surface area is 222 Å². The average Bonchev–Trinajstić information content (AvgIpc) is 2.96. The quantitative estimate of drug-likeness (QED) is 0.248. The smallest absolute Gasteiger partial charge is 0.303 e. The highest BCUT2D eigenvalue weighted by Crippen LogP contribution is 2.30. The highest BCUT2D eigenvalue weighted by atomic mass is 35.5. The lowest BCUT2D eigenvalue weighted by Crippen LogP contribution is -2.44. The van der Waals surface area contributed by atoms with Gasteiger partial charge in [0.25, 0.3) is 0 Å². The highest BCUT2D eigenvalue weighted by Gasteiger charge is 2.33. The molecule has 0 spiro atoms. The van der Waals surface area contributed by atoms with Gasteiger partial charge in [-0.3, -0.25) is 19.5 Å². The van der Waals surface area contributed by atoms with Crippen LogP contribution in [0.3, 0.4) is 0 Å². The van der Waals surface area contributed by atoms with Crippen LogP contribution in [0.15, 0.2) is 109 Å². The number of carbonyl (C=O) groups is 2. The van der Waals surface area contributed by atoms with Gasteiger partial charge in [-0.1, -0.05) is 84.8 Å². The van der Waals surface area contributed by atoms with Crippen molar-refractivity contribution in [3.8, 4) is 23.0 Å². The van der Waals surface area contributed by atoms with Gasteiger partial charge in [-0.15, -0.1) is 11.6 Å². The lowest BCUT2D eigenvalue weighted by molar-refractivity contribution is -0.125. The molecule has 4 aromatic rings. The molecular formula is C31H26ClN3O2. The van der Waals surface area contributed by atoms with Crippen LogP contribution in [0.4, 0.5) is 5.69 Å². The third kappa shape index (κ3) is 6.43. The first-order chi connectivity index (χ1) is 18.1. The monoisotopic (exact) mass is 507 g/mol. The zero-order valence-electron chi connectivity index (χ0n) is 20.3. The van der Waals surface area contributed by atoms with Crippen molar-refractivity contribution in [1.29, 1.82) is 0 Å². The normalized spacial score (nSPS) is 11.9. The van der Waals surface area contributed by atoms with E-state index in [0.717, 1.165) is 16.7 Å². The van der Waals surface area contributed by atoms with E-state index in [4.69, 9.17) is 11.6 Å². The Hall–Kier alpha value is -4.40. The van der Waals surface area contributed by atoms with Crippen LogP contribution in [0, 0.1) is 11.8 Å². The van der Waals surface area contributed by atoms with Crippen LogP contribution in [0.5, 0.6) is 0 Å². The molecule has 0 bridgehead atoms. The highest BCUT2D eigenvalue weighted by molar-refractivity contribution is 6.20. The number of benzene rings is 3. The minimum Gasteiger partial charge on any atom is -0.347 e. The third-order valence-electron chi connectivity index (χ3n) is 5.90. The number of rotatable bonds is 7. The van der Waals surface area contributed by atoms with E-state index < -0.39 is 11.9 Å². The first-order valence-electron chi connectivity index (χ1n) is 11.9. The molecule has 37 heavy (non-hydrogen) atoms. The molecule has 0 saturated heterocycles. The van der Waals surface area contributed by atoms with E-state index in [2.05, 4.69) is 22.1 Å². The number of hydrogen-bond donors (Lipinski definition) is 1. The van der Waals surface area contributed by atoms with Gasteiger partial charge in [-0.2, -0.15) is 0 Å². The van der Waals surface area contributed by atoms with E-state index in [1.54, 1.807) is 24.5 Å². The summed E-state index contributed by atoms with van der Waals surface area (Å²) >= 11 is 5.75. The Morgan fingerprint density at radius 3 is 2.11 bits per heavy atom. The second kappa shape index (κ2) is 12.5. The van der Waals surface area contributed by atoms with Crippen LogP contribution in [-0.2, 0) is 9.59 Å². The molecule has 0 aliphatic carbocycles. The number of amides is 2. The number of carbonyl (C=O) groups excluding carboxylic acids is 2. The predicted molar refractivity (Wildman–Crippen MR) is 148 cm³/mol. The number of hydrogen-bond acceptors (Lipinski definition) is 3. The summed E-state index contributed by atoms with van der Waals surface area (Å²) in [4.78, 5) is 32.8. The molecule has 1 N–H and O–H groups in total. The second-order valence-electron chi connectivity index (χ2n) is 8.35. The first kappa shape index (κ1) is 25.7. The minimum atomic E-state index is -1.00. The number of nitrogens with zero attached hydrogens (tertiary/aromatic N) is 2. The van der Waals surface area contributed by atoms with Crippen molar-refractivity contribution in [3.63, 3.8) is 0 Å². The Kier molecular flexibility index (Phi) is 8.70. The topological polar surface area (TPSA) is 62.3 Å². The van der Waals surface area contributed by atoms with Crippen LogP contribution >= 0.6 is 11.6 Å². The molecule has 5 nitrogen and oxygen atoms in total. The van der Waals surface area contributed by atoms with E-state index in [1.165, 1.54) is 4.90 Å². The molecule has 0 aliphatic heterocycles. The van der Waals surface area contributed by atoms with E-state index >= 15 is 0 Å². The molecular weight excluding hydrogens is 482 g/mol. The Bertz CT molecular complexity index is 1380. The molecule has 2 atom stereocenters. The zero-order valence-corrected chi connectivity index (χ0v) is 21.1. The van der Waals surface area contributed by atoms with Crippen molar-refractivity contribution in [2.75, 3.05) is 10.8 Å². The zero-order chi connectivity index (χ0) is 26.0. The maximum Gasteiger partial charge on any atom is 0.303 e. The Balaban J connectivity index is 1.75. The van der Waals surface area contributed by atoms with Gasteiger partial charge in [0.2, 0.25) is 5.91 Å². The summed E-state index contributed by atoms with van der Waals surface area (Å²) < 4.78 is 0. The van der Waals surface area contributed by atoms with Gasteiger partial charge in [0.05, 0.1) is 11.9 Å². The minimum absolute atomic E-state index is 0.00131. The maximum atomic E-state index is 13.8. The number of pyridine rings is 1. The fourth-order valence-electron chi connectivity index (χ4n) is 4.07. The lowest BCUT2D eigenvalue weighted by Gasteiger charge is -2.31. The molecule has 2 amide bonds. The standard InChI is InChI=1S/C31H26ClN3O2/c1-23(24-10-4-2-5-11-24)34-31(37)30(27-14-9-21-33-22-27)35(29(36)15-8-20-32)28-18-16-26(17-19-28)25-12-6-3-7-13-25/h2-7,9-14,16-19,21-23,30H,20H2,1H3,(H,34,37)/t23-,30+/m0/s1. The summed E-state index contributed by atoms with van der Waals surface area (Å²) in [5, 5.41) is 3.06. The van der Waals surface area contributed by atoms with Gasteiger partial charge in [-0.25, -0.2) is 0 Å². The van der Waals surface area contributed by atoms with Crippen molar-refractivity contribution < 1.29 is 9.59 Å². The van der Waals surface area contributed by atoms with Crippen LogP contribution < -0.4 is 10.2 Å². The van der Waals surface area contributed by atoms with Crippen LogP contribution in [0.1, 0.15) is 30.1 Å². The van der Waals surface area contributed by atoms with Crippen LogP contribution in [0.2, 0.25) is 0 Å². The van der Waals surface area contributed by atoms with E-state index in [-0.39, 0.29) is 17.8 Å². The molecule has 1 heterocycles. The summed E-state index contributed by atoms with van der Waals surface area (Å²) in [6.45, 7) is 1.90. The van der Waals surface area contributed by atoms with E-state index in [9.17, 15) is 9.59 Å². The average molecular weight is 508 g/mol. The summed E-state index contributed by atoms with van der Waals surface area (Å²) in [5.74, 6) is 4.31. The SMILES string of the molecule is C[C@H](NC(=O)[C@@H](c1cccnc1)N(C(=O)C#CCCl)c1ccc(-c2ccccc2)cc1)c1ccccc1. The van der Waals surface area contributed by atoms with Crippen molar-refractivity contribution >= 4 is 29.1 Å². The van der Waals surface area contributed by atoms with Gasteiger partial charge in [0, 0.05) is 23.6 Å². The summed E-state index contributed by atoms with van der Waals surface area (Å²) in [7, 11) is 0. The molecule has 0 unspecified atom stereocenters. The summed E-state index contributed by atoms with van der Waals surface area (Å²) in [5.41, 5.74) is 4.09. The largest absolute Gasteiger partial charge is 0.347 e. The number of anilines is 1. The fourth-order valence-corrected chi connectivity index (χ4v) is 4.14. The molecule has 0 radical (unpaired) electrons. The first-order valence-corrected chi connectivity index (χ1v) is 12.4. The summed E-state index contributed by atoms with van der Waals surface area (Å²) in [6.07, 6.45) is 3.21.